The summed E-state index contributed by atoms with van der Waals surface area (Å²) >= 11 is 0. The first-order valence-corrected chi connectivity index (χ1v) is 19.6. The van der Waals surface area contributed by atoms with E-state index in [4.69, 9.17) is 14.4 Å². The number of fused-ring (bicyclic) bond motifs is 10. The van der Waals surface area contributed by atoms with Gasteiger partial charge in [-0.25, -0.2) is 9.97 Å². The Bertz CT molecular complexity index is 3440. The van der Waals surface area contributed by atoms with Gasteiger partial charge in [0.05, 0.1) is 27.9 Å². The van der Waals surface area contributed by atoms with Gasteiger partial charge in [0.2, 0.25) is 0 Å². The molecule has 12 rings (SSSR count). The molecule has 4 nitrogen and oxygen atoms in total. The van der Waals surface area contributed by atoms with E-state index in [1.165, 1.54) is 38.5 Å². The summed E-state index contributed by atoms with van der Waals surface area (Å²) in [6, 6.07) is 62.9. The van der Waals surface area contributed by atoms with Gasteiger partial charge in [-0.1, -0.05) is 135 Å². The van der Waals surface area contributed by atoms with Gasteiger partial charge in [-0.3, -0.25) is 0 Å². The molecule has 0 saturated carbocycles. The lowest BCUT2D eigenvalue weighted by Crippen LogP contribution is -2.15. The highest BCUT2D eigenvalue weighted by Gasteiger charge is 2.36. The van der Waals surface area contributed by atoms with Crippen LogP contribution >= 0.6 is 0 Å². The lowest BCUT2D eigenvalue weighted by molar-refractivity contribution is 0.661. The highest BCUT2D eigenvalue weighted by Crippen LogP contribution is 2.51. The van der Waals surface area contributed by atoms with Gasteiger partial charge in [-0.15, -0.1) is 0 Å². The van der Waals surface area contributed by atoms with E-state index >= 15 is 0 Å². The molecular formula is C53H35N3O. The second-order valence-electron chi connectivity index (χ2n) is 15.8. The predicted molar refractivity (Wildman–Crippen MR) is 235 cm³/mol. The van der Waals surface area contributed by atoms with Crippen molar-refractivity contribution < 1.29 is 4.42 Å². The molecule has 1 aliphatic carbocycles. The average molecular weight is 730 g/mol. The van der Waals surface area contributed by atoms with Crippen molar-refractivity contribution in [3.63, 3.8) is 0 Å². The van der Waals surface area contributed by atoms with Gasteiger partial charge >= 0.3 is 0 Å². The molecule has 0 amide bonds. The molecule has 268 valence electrons. The Kier molecular flexibility index (Phi) is 6.65. The predicted octanol–water partition coefficient (Wildman–Crippen LogP) is 13.9. The van der Waals surface area contributed by atoms with Crippen LogP contribution in [0.5, 0.6) is 0 Å². The number of nitrogens with zero attached hydrogens (tertiary/aromatic N) is 3. The molecule has 0 radical (unpaired) electrons. The quantitative estimate of drug-likeness (QED) is 0.181. The lowest BCUT2D eigenvalue weighted by Gasteiger charge is -2.22. The van der Waals surface area contributed by atoms with E-state index < -0.39 is 0 Å². The van der Waals surface area contributed by atoms with E-state index in [1.807, 2.05) is 12.1 Å². The Labute approximate surface area is 329 Å². The summed E-state index contributed by atoms with van der Waals surface area (Å²) in [7, 11) is 0. The van der Waals surface area contributed by atoms with Crippen molar-refractivity contribution >= 4 is 54.6 Å². The zero-order valence-corrected chi connectivity index (χ0v) is 31.5. The summed E-state index contributed by atoms with van der Waals surface area (Å²) in [6.07, 6.45) is 0. The number of hydrogen-bond acceptors (Lipinski definition) is 3. The monoisotopic (exact) mass is 729 g/mol. The van der Waals surface area contributed by atoms with Gasteiger partial charge in [0.15, 0.2) is 5.82 Å². The van der Waals surface area contributed by atoms with Gasteiger partial charge in [-0.2, -0.15) is 0 Å². The van der Waals surface area contributed by atoms with Crippen molar-refractivity contribution in [1.82, 2.24) is 14.5 Å². The van der Waals surface area contributed by atoms with E-state index in [9.17, 15) is 0 Å². The van der Waals surface area contributed by atoms with Crippen molar-refractivity contribution in [1.29, 1.82) is 0 Å². The summed E-state index contributed by atoms with van der Waals surface area (Å²) in [4.78, 5) is 10.6. The van der Waals surface area contributed by atoms with Crippen LogP contribution in [0.15, 0.2) is 180 Å². The number of para-hydroxylation sites is 3. The maximum atomic E-state index is 6.20. The molecule has 0 aliphatic heterocycles. The van der Waals surface area contributed by atoms with Crippen LogP contribution in [0, 0.1) is 0 Å². The summed E-state index contributed by atoms with van der Waals surface area (Å²) in [6.45, 7) is 4.71. The molecule has 0 bridgehead atoms. The minimum absolute atomic E-state index is 0.132. The van der Waals surface area contributed by atoms with Crippen LogP contribution in [0.4, 0.5) is 0 Å². The standard InChI is InChI=1S/C53H35N3O/c1-53(2)43-20-10-6-16-36(43)40-30-41-37-17-8-12-22-46(37)56(48(41)31-44(40)53)47-29-34(24-26-35(47)32-14-4-3-5-15-32)52-54-45-21-11-7-19-39(45)51(55-52)33-25-27-50-42(28-33)38-18-9-13-23-49(38)57-50/h3-31H,1-2H3. The summed E-state index contributed by atoms with van der Waals surface area (Å²) in [5, 5.41) is 5.65. The molecule has 57 heavy (non-hydrogen) atoms. The average Bonchev–Trinajstić information content (AvgIpc) is 3.87. The lowest BCUT2D eigenvalue weighted by atomic mass is 9.82. The van der Waals surface area contributed by atoms with Crippen LogP contribution in [0.3, 0.4) is 0 Å². The van der Waals surface area contributed by atoms with Crippen molar-refractivity contribution in [2.75, 3.05) is 0 Å². The Morgan fingerprint density at radius 3 is 2.05 bits per heavy atom. The highest BCUT2D eigenvalue weighted by atomic mass is 16.3. The number of hydrogen-bond donors (Lipinski definition) is 0. The van der Waals surface area contributed by atoms with Gasteiger partial charge in [0, 0.05) is 49.0 Å². The molecule has 11 aromatic rings. The molecule has 8 aromatic carbocycles. The summed E-state index contributed by atoms with van der Waals surface area (Å²) in [5.74, 6) is 0.681. The molecule has 3 heterocycles. The molecule has 3 aromatic heterocycles. The van der Waals surface area contributed by atoms with Crippen LogP contribution in [0.2, 0.25) is 0 Å². The minimum atomic E-state index is -0.132. The molecular weight excluding hydrogens is 695 g/mol. The van der Waals surface area contributed by atoms with Gasteiger partial charge < -0.3 is 8.98 Å². The molecule has 0 spiro atoms. The van der Waals surface area contributed by atoms with Crippen LogP contribution in [0.1, 0.15) is 25.0 Å². The first kappa shape index (κ1) is 32.0. The Morgan fingerprint density at radius 1 is 0.439 bits per heavy atom. The summed E-state index contributed by atoms with van der Waals surface area (Å²) in [5.41, 5.74) is 16.5. The molecule has 0 fully saturated rings. The van der Waals surface area contributed by atoms with E-state index in [2.05, 4.69) is 182 Å². The first-order chi connectivity index (χ1) is 28.0. The van der Waals surface area contributed by atoms with Crippen molar-refractivity contribution in [3.8, 4) is 50.6 Å². The third-order valence-corrected chi connectivity index (χ3v) is 12.2. The van der Waals surface area contributed by atoms with Crippen molar-refractivity contribution in [2.45, 2.75) is 19.3 Å². The third-order valence-electron chi connectivity index (χ3n) is 12.2. The minimum Gasteiger partial charge on any atom is -0.456 e. The van der Waals surface area contributed by atoms with E-state index in [0.717, 1.165) is 72.0 Å². The maximum Gasteiger partial charge on any atom is 0.160 e. The highest BCUT2D eigenvalue weighted by molar-refractivity contribution is 6.12. The van der Waals surface area contributed by atoms with Crippen molar-refractivity contribution in [3.05, 3.63) is 187 Å². The van der Waals surface area contributed by atoms with E-state index in [-0.39, 0.29) is 5.41 Å². The Balaban J connectivity index is 1.12. The second-order valence-corrected chi connectivity index (χ2v) is 15.8. The zero-order valence-electron chi connectivity index (χ0n) is 31.5. The van der Waals surface area contributed by atoms with Gasteiger partial charge in [-0.05, 0) is 82.4 Å². The molecule has 0 atom stereocenters. The van der Waals surface area contributed by atoms with Crippen LogP contribution in [-0.2, 0) is 5.41 Å². The molecule has 0 N–H and O–H groups in total. The summed E-state index contributed by atoms with van der Waals surface area (Å²) < 4.78 is 8.67. The Hall–Kier alpha value is -7.30. The second kappa shape index (κ2) is 11.8. The fourth-order valence-electron chi connectivity index (χ4n) is 9.44. The smallest absolute Gasteiger partial charge is 0.160 e. The molecule has 1 aliphatic rings. The largest absolute Gasteiger partial charge is 0.456 e. The zero-order chi connectivity index (χ0) is 37.8. The number of furan rings is 1. The van der Waals surface area contributed by atoms with E-state index in [0.29, 0.717) is 5.82 Å². The van der Waals surface area contributed by atoms with Crippen LogP contribution < -0.4 is 0 Å². The molecule has 4 heteroatoms. The topological polar surface area (TPSA) is 43.9 Å². The normalized spacial score (nSPS) is 13.2. The first-order valence-electron chi connectivity index (χ1n) is 19.6. The van der Waals surface area contributed by atoms with Crippen LogP contribution in [-0.4, -0.2) is 14.5 Å². The van der Waals surface area contributed by atoms with Crippen molar-refractivity contribution in [2.24, 2.45) is 0 Å². The van der Waals surface area contributed by atoms with Gasteiger partial charge in [0.25, 0.3) is 0 Å². The number of aromatic nitrogens is 3. The van der Waals surface area contributed by atoms with E-state index in [1.54, 1.807) is 0 Å². The Morgan fingerprint density at radius 2 is 1.16 bits per heavy atom. The fraction of sp³-hybridized carbons (Fsp3) is 0.0566. The molecule has 0 saturated heterocycles. The SMILES string of the molecule is CC1(C)c2ccccc2-c2cc3c4ccccc4n(-c4cc(-c5nc(-c6ccc7oc8ccccc8c7c6)c6ccccc6n5)ccc4-c4ccccc4)c3cc21. The third kappa shape index (κ3) is 4.68. The number of benzene rings is 8. The number of rotatable bonds is 4. The van der Waals surface area contributed by atoms with Gasteiger partial charge in [0.1, 0.15) is 11.2 Å². The molecule has 0 unspecified atom stereocenters. The maximum absolute atomic E-state index is 6.20. The fourth-order valence-corrected chi connectivity index (χ4v) is 9.44. The van der Waals surface area contributed by atoms with Crippen LogP contribution in [0.25, 0.3) is 105 Å².